The number of halogens is 1. The standard InChI is InChI=1S/C16H17FN2S/c1-12-4-2-3-5-14(12)11-19-16(20)18-10-13-6-8-15(17)9-7-13/h2-9H,10-11H2,1H3,(H2,18,19,20). The van der Waals surface area contributed by atoms with Crippen LogP contribution in [0.15, 0.2) is 48.5 Å². The van der Waals surface area contributed by atoms with Crippen molar-refractivity contribution in [3.05, 3.63) is 71.0 Å². The molecule has 0 aromatic heterocycles. The second-order valence-electron chi connectivity index (χ2n) is 4.59. The summed E-state index contributed by atoms with van der Waals surface area (Å²) in [6.07, 6.45) is 0. The molecule has 0 bridgehead atoms. The highest BCUT2D eigenvalue weighted by atomic mass is 32.1. The molecule has 4 heteroatoms. The topological polar surface area (TPSA) is 24.1 Å². The lowest BCUT2D eigenvalue weighted by molar-refractivity contribution is 0.626. The molecule has 0 amide bonds. The Bertz CT molecular complexity index is 581. The Morgan fingerprint density at radius 2 is 1.65 bits per heavy atom. The first kappa shape index (κ1) is 14.5. The van der Waals surface area contributed by atoms with E-state index < -0.39 is 0 Å². The van der Waals surface area contributed by atoms with Crippen molar-refractivity contribution in [2.75, 3.05) is 0 Å². The fraction of sp³-hybridized carbons (Fsp3) is 0.188. The Labute approximate surface area is 124 Å². The smallest absolute Gasteiger partial charge is 0.166 e. The molecule has 0 fully saturated rings. The van der Waals surface area contributed by atoms with Crippen molar-refractivity contribution in [1.29, 1.82) is 0 Å². The molecule has 0 aliphatic rings. The molecule has 0 heterocycles. The largest absolute Gasteiger partial charge is 0.359 e. The van der Waals surface area contributed by atoms with Gasteiger partial charge in [-0.2, -0.15) is 0 Å². The number of nitrogens with one attached hydrogen (secondary N) is 2. The van der Waals surface area contributed by atoms with Gasteiger partial charge < -0.3 is 10.6 Å². The summed E-state index contributed by atoms with van der Waals surface area (Å²) in [5.41, 5.74) is 3.45. The molecular weight excluding hydrogens is 271 g/mol. The van der Waals surface area contributed by atoms with Gasteiger partial charge >= 0.3 is 0 Å². The lowest BCUT2D eigenvalue weighted by atomic mass is 10.1. The number of benzene rings is 2. The number of hydrogen-bond acceptors (Lipinski definition) is 1. The third kappa shape index (κ3) is 4.31. The molecule has 0 radical (unpaired) electrons. The molecule has 104 valence electrons. The number of hydrogen-bond donors (Lipinski definition) is 2. The van der Waals surface area contributed by atoms with Crippen molar-refractivity contribution in [3.8, 4) is 0 Å². The van der Waals surface area contributed by atoms with Gasteiger partial charge in [0, 0.05) is 13.1 Å². The third-order valence-corrected chi connectivity index (χ3v) is 3.36. The van der Waals surface area contributed by atoms with E-state index in [1.807, 2.05) is 12.1 Å². The van der Waals surface area contributed by atoms with Crippen LogP contribution in [-0.2, 0) is 13.1 Å². The Kier molecular flexibility index (Phi) is 5.07. The molecule has 0 unspecified atom stereocenters. The highest BCUT2D eigenvalue weighted by Gasteiger charge is 2.00. The summed E-state index contributed by atoms with van der Waals surface area (Å²) in [5.74, 6) is -0.228. The van der Waals surface area contributed by atoms with Crippen LogP contribution in [0.5, 0.6) is 0 Å². The minimum atomic E-state index is -0.228. The molecule has 0 aliphatic carbocycles. The van der Waals surface area contributed by atoms with Gasteiger partial charge in [-0.05, 0) is 48.0 Å². The summed E-state index contributed by atoms with van der Waals surface area (Å²) in [4.78, 5) is 0. The van der Waals surface area contributed by atoms with Crippen molar-refractivity contribution in [3.63, 3.8) is 0 Å². The van der Waals surface area contributed by atoms with E-state index in [0.717, 1.165) is 5.56 Å². The average molecular weight is 288 g/mol. The van der Waals surface area contributed by atoms with Crippen LogP contribution in [0.1, 0.15) is 16.7 Å². The first-order valence-electron chi connectivity index (χ1n) is 6.46. The van der Waals surface area contributed by atoms with Crippen LogP contribution in [0.4, 0.5) is 4.39 Å². The third-order valence-electron chi connectivity index (χ3n) is 3.07. The first-order chi connectivity index (χ1) is 9.65. The van der Waals surface area contributed by atoms with E-state index in [1.165, 1.54) is 23.3 Å². The Morgan fingerprint density at radius 1 is 1.00 bits per heavy atom. The first-order valence-corrected chi connectivity index (χ1v) is 6.86. The van der Waals surface area contributed by atoms with E-state index in [9.17, 15) is 4.39 Å². The minimum absolute atomic E-state index is 0.228. The maximum atomic E-state index is 12.8. The minimum Gasteiger partial charge on any atom is -0.359 e. The number of thiocarbonyl (C=S) groups is 1. The summed E-state index contributed by atoms with van der Waals surface area (Å²) in [6.45, 7) is 3.35. The molecule has 0 spiro atoms. The van der Waals surface area contributed by atoms with E-state index in [4.69, 9.17) is 12.2 Å². The van der Waals surface area contributed by atoms with Gasteiger partial charge in [0.2, 0.25) is 0 Å². The van der Waals surface area contributed by atoms with Crippen molar-refractivity contribution in [2.45, 2.75) is 20.0 Å². The van der Waals surface area contributed by atoms with Gasteiger partial charge in [-0.15, -0.1) is 0 Å². The van der Waals surface area contributed by atoms with Gasteiger partial charge in [-0.25, -0.2) is 4.39 Å². The van der Waals surface area contributed by atoms with Gasteiger partial charge in [0.05, 0.1) is 0 Å². The summed E-state index contributed by atoms with van der Waals surface area (Å²) >= 11 is 5.23. The predicted molar refractivity (Wildman–Crippen MR) is 83.9 cm³/mol. The molecular formula is C16H17FN2S. The van der Waals surface area contributed by atoms with E-state index in [1.54, 1.807) is 12.1 Å². The fourth-order valence-corrected chi connectivity index (χ4v) is 1.98. The van der Waals surface area contributed by atoms with Crippen LogP contribution in [0, 0.1) is 12.7 Å². The second-order valence-corrected chi connectivity index (χ2v) is 5.00. The van der Waals surface area contributed by atoms with E-state index in [0.29, 0.717) is 18.2 Å². The zero-order chi connectivity index (χ0) is 14.4. The van der Waals surface area contributed by atoms with E-state index >= 15 is 0 Å². The lowest BCUT2D eigenvalue weighted by Gasteiger charge is -2.12. The van der Waals surface area contributed by atoms with E-state index in [2.05, 4.69) is 29.7 Å². The van der Waals surface area contributed by atoms with Crippen LogP contribution in [-0.4, -0.2) is 5.11 Å². The number of aryl methyl sites for hydroxylation is 1. The highest BCUT2D eigenvalue weighted by Crippen LogP contribution is 2.06. The summed E-state index contributed by atoms with van der Waals surface area (Å²) in [7, 11) is 0. The SMILES string of the molecule is Cc1ccccc1CNC(=S)NCc1ccc(F)cc1. The Balaban J connectivity index is 1.78. The van der Waals surface area contributed by atoms with Crippen molar-refractivity contribution < 1.29 is 4.39 Å². The molecule has 2 aromatic carbocycles. The number of rotatable bonds is 4. The maximum absolute atomic E-state index is 12.8. The van der Waals surface area contributed by atoms with Gasteiger partial charge in [0.25, 0.3) is 0 Å². The molecule has 0 saturated heterocycles. The molecule has 0 saturated carbocycles. The fourth-order valence-electron chi connectivity index (χ4n) is 1.83. The average Bonchev–Trinajstić information content (AvgIpc) is 2.46. The predicted octanol–water partition coefficient (Wildman–Crippen LogP) is 3.30. The second kappa shape index (κ2) is 7.01. The zero-order valence-electron chi connectivity index (χ0n) is 11.3. The monoisotopic (exact) mass is 288 g/mol. The molecule has 2 N–H and O–H groups in total. The lowest BCUT2D eigenvalue weighted by Crippen LogP contribution is -2.34. The van der Waals surface area contributed by atoms with Gasteiger partial charge in [-0.1, -0.05) is 36.4 Å². The van der Waals surface area contributed by atoms with Crippen LogP contribution < -0.4 is 10.6 Å². The van der Waals surface area contributed by atoms with E-state index in [-0.39, 0.29) is 5.82 Å². The summed E-state index contributed by atoms with van der Waals surface area (Å²) < 4.78 is 12.8. The molecule has 2 nitrogen and oxygen atoms in total. The van der Waals surface area contributed by atoms with Crippen LogP contribution in [0.25, 0.3) is 0 Å². The highest BCUT2D eigenvalue weighted by molar-refractivity contribution is 7.80. The van der Waals surface area contributed by atoms with Crippen LogP contribution in [0.2, 0.25) is 0 Å². The maximum Gasteiger partial charge on any atom is 0.166 e. The van der Waals surface area contributed by atoms with Gasteiger partial charge in [0.1, 0.15) is 5.82 Å². The zero-order valence-corrected chi connectivity index (χ0v) is 12.1. The summed E-state index contributed by atoms with van der Waals surface area (Å²) in [6, 6.07) is 14.6. The quantitative estimate of drug-likeness (QED) is 0.844. The van der Waals surface area contributed by atoms with Crippen molar-refractivity contribution in [1.82, 2.24) is 10.6 Å². The van der Waals surface area contributed by atoms with Gasteiger partial charge in [-0.3, -0.25) is 0 Å². The molecule has 0 aliphatic heterocycles. The van der Waals surface area contributed by atoms with Crippen LogP contribution >= 0.6 is 12.2 Å². The van der Waals surface area contributed by atoms with Crippen molar-refractivity contribution >= 4 is 17.3 Å². The molecule has 2 rings (SSSR count). The molecule has 20 heavy (non-hydrogen) atoms. The molecule has 2 aromatic rings. The summed E-state index contributed by atoms with van der Waals surface area (Å²) in [5, 5.41) is 6.87. The molecule has 0 atom stereocenters. The van der Waals surface area contributed by atoms with Crippen LogP contribution in [0.3, 0.4) is 0 Å². The Morgan fingerprint density at radius 3 is 2.35 bits per heavy atom. The normalized spacial score (nSPS) is 10.1. The van der Waals surface area contributed by atoms with Crippen molar-refractivity contribution in [2.24, 2.45) is 0 Å². The van der Waals surface area contributed by atoms with Gasteiger partial charge in [0.15, 0.2) is 5.11 Å². The Hall–Kier alpha value is -1.94.